The molecule has 3 aliphatic heterocycles. The largest absolute Gasteiger partial charge is 0.367 e. The number of aromatic nitrogens is 8. The number of piperazine rings is 1. The van der Waals surface area contributed by atoms with Gasteiger partial charge in [0.15, 0.2) is 5.65 Å². The number of nitrogens with one attached hydrogen (secondary N) is 2. The van der Waals surface area contributed by atoms with E-state index in [0.29, 0.717) is 24.2 Å². The normalized spacial score (nSPS) is 17.9. The Morgan fingerprint density at radius 2 is 1.47 bits per heavy atom. The van der Waals surface area contributed by atoms with E-state index in [1.165, 1.54) is 30.9 Å². The Kier molecular flexibility index (Phi) is 11.4. The Hall–Kier alpha value is -5.94. The molecule has 1 aromatic carbocycles. The summed E-state index contributed by atoms with van der Waals surface area (Å²) < 4.78 is 24.2. The van der Waals surface area contributed by atoms with Gasteiger partial charge in [0.2, 0.25) is 5.91 Å². The maximum atomic E-state index is 15.6. The van der Waals surface area contributed by atoms with Crippen molar-refractivity contribution >= 4 is 66.0 Å². The van der Waals surface area contributed by atoms with Crippen LogP contribution in [-0.4, -0.2) is 114 Å². The second-order valence-corrected chi connectivity index (χ2v) is 22.9. The second kappa shape index (κ2) is 17.7. The first kappa shape index (κ1) is 45.2. The van der Waals surface area contributed by atoms with E-state index in [9.17, 15) is 4.79 Å². The molecule has 2 N–H and O–H groups in total. The van der Waals surface area contributed by atoms with Gasteiger partial charge in [-0.2, -0.15) is 5.10 Å². The number of aryl methyl sites for hydroxylation is 2. The molecule has 362 valence electrons. The van der Waals surface area contributed by atoms with Gasteiger partial charge < -0.3 is 24.7 Å². The van der Waals surface area contributed by atoms with Crippen LogP contribution in [0.25, 0.3) is 64.7 Å². The molecular formula is C54H62FN12OS2+. The van der Waals surface area contributed by atoms with E-state index in [1.807, 2.05) is 32.8 Å². The molecule has 0 radical (unpaired) electrons. The fourth-order valence-corrected chi connectivity index (χ4v) is 14.5. The number of halogens is 1. The van der Waals surface area contributed by atoms with Gasteiger partial charge in [0, 0.05) is 83.6 Å². The first-order valence-electron chi connectivity index (χ1n) is 25.1. The van der Waals surface area contributed by atoms with E-state index in [-0.39, 0.29) is 23.7 Å². The zero-order valence-corrected chi connectivity index (χ0v) is 42.9. The fraction of sp³-hybridized carbons (Fsp3) is 0.426. The predicted molar refractivity (Wildman–Crippen MR) is 280 cm³/mol. The first-order chi connectivity index (χ1) is 33.9. The average Bonchev–Trinajstić information content (AvgIpc) is 4.21. The van der Waals surface area contributed by atoms with Crippen LogP contribution < -0.4 is 9.47 Å². The van der Waals surface area contributed by atoms with Crippen LogP contribution in [0.4, 0.5) is 10.1 Å². The monoisotopic (exact) mass is 977 g/mol. The predicted octanol–water partition coefficient (Wildman–Crippen LogP) is 10.3. The highest BCUT2D eigenvalue weighted by atomic mass is 32.1. The molecule has 1 unspecified atom stereocenters. The number of anilines is 1. The summed E-state index contributed by atoms with van der Waals surface area (Å²) in [6.07, 6.45) is 11.6. The number of hydrogen-bond acceptors (Lipinski definition) is 9. The zero-order valence-electron chi connectivity index (χ0n) is 41.2. The summed E-state index contributed by atoms with van der Waals surface area (Å²) >= 11 is 3.66. The number of H-pyrrole nitrogens is 2. The van der Waals surface area contributed by atoms with Crippen LogP contribution >= 0.6 is 22.7 Å². The third kappa shape index (κ3) is 7.82. The van der Waals surface area contributed by atoms with Gasteiger partial charge in [-0.05, 0) is 123 Å². The summed E-state index contributed by atoms with van der Waals surface area (Å²) in [5.74, 6) is 1.15. The molecule has 11 heterocycles. The number of nitrogens with zero attached hydrogens (tertiary/aromatic N) is 10. The van der Waals surface area contributed by atoms with Crippen molar-refractivity contribution in [1.29, 1.82) is 0 Å². The fourth-order valence-electron chi connectivity index (χ4n) is 11.7. The van der Waals surface area contributed by atoms with E-state index >= 15 is 4.39 Å². The molecule has 0 bridgehead atoms. The zero-order chi connectivity index (χ0) is 48.1. The van der Waals surface area contributed by atoms with Crippen LogP contribution in [0.15, 0.2) is 67.5 Å². The van der Waals surface area contributed by atoms with E-state index < -0.39 is 0 Å². The topological polar surface area (TPSA) is 113 Å². The number of pyridine rings is 2. The van der Waals surface area contributed by atoms with Crippen LogP contribution in [0.5, 0.6) is 0 Å². The lowest BCUT2D eigenvalue weighted by molar-refractivity contribution is -0.692. The number of fused-ring (bicyclic) bond motifs is 4. The number of carbonyl (C=O) groups is 1. The summed E-state index contributed by atoms with van der Waals surface area (Å²) in [6, 6.07) is 14.6. The molecule has 1 amide bonds. The molecule has 8 aromatic heterocycles. The lowest BCUT2D eigenvalue weighted by Gasteiger charge is -2.35. The molecular weight excluding hydrogens is 916 g/mol. The van der Waals surface area contributed by atoms with Gasteiger partial charge >= 0.3 is 0 Å². The van der Waals surface area contributed by atoms with E-state index in [2.05, 4.69) is 136 Å². The number of likely N-dealkylation sites (tertiary alicyclic amines) is 2. The van der Waals surface area contributed by atoms with E-state index in [4.69, 9.17) is 5.10 Å². The lowest BCUT2D eigenvalue weighted by Crippen LogP contribution is -2.52. The summed E-state index contributed by atoms with van der Waals surface area (Å²) in [5, 5.41) is 9.31. The highest BCUT2D eigenvalue weighted by Gasteiger charge is 2.37. The van der Waals surface area contributed by atoms with Crippen molar-refractivity contribution in [2.75, 3.05) is 57.8 Å². The average molecular weight is 978 g/mol. The Morgan fingerprint density at radius 3 is 2.19 bits per heavy atom. The number of aromatic amines is 2. The van der Waals surface area contributed by atoms with Gasteiger partial charge in [-0.3, -0.25) is 9.69 Å². The number of hydrogen-bond donors (Lipinski definition) is 2. The van der Waals surface area contributed by atoms with Gasteiger partial charge in [-0.15, -0.1) is 22.7 Å². The van der Waals surface area contributed by atoms with Crippen molar-refractivity contribution in [3.63, 3.8) is 0 Å². The molecule has 0 spiro atoms. The van der Waals surface area contributed by atoms with Gasteiger partial charge in [0.1, 0.15) is 25.0 Å². The molecule has 3 aliphatic rings. The van der Waals surface area contributed by atoms with Crippen LogP contribution in [0.1, 0.15) is 98.3 Å². The highest BCUT2D eigenvalue weighted by Crippen LogP contribution is 2.45. The van der Waals surface area contributed by atoms with Crippen molar-refractivity contribution in [2.24, 2.45) is 0 Å². The van der Waals surface area contributed by atoms with Crippen LogP contribution in [0.2, 0.25) is 0 Å². The van der Waals surface area contributed by atoms with Gasteiger partial charge in [-0.25, -0.2) is 18.5 Å². The Morgan fingerprint density at radius 1 is 0.786 bits per heavy atom. The summed E-state index contributed by atoms with van der Waals surface area (Å²) in [6.45, 7) is 19.9. The lowest BCUT2D eigenvalue weighted by atomic mass is 9.94. The van der Waals surface area contributed by atoms with Gasteiger partial charge in [0.05, 0.1) is 43.6 Å². The molecule has 1 atom stereocenters. The van der Waals surface area contributed by atoms with E-state index in [1.54, 1.807) is 23.7 Å². The van der Waals surface area contributed by atoms with Crippen molar-refractivity contribution in [2.45, 2.75) is 97.7 Å². The molecule has 0 saturated carbocycles. The number of carbonyl (C=O) groups excluding carboxylic acids is 1. The minimum atomic E-state index is -0.162. The number of benzene rings is 1. The van der Waals surface area contributed by atoms with E-state index in [0.717, 1.165) is 132 Å². The quantitative estimate of drug-likeness (QED) is 0.131. The Bertz CT molecular complexity index is 3440. The SMILES string of the molecule is Cc1cc(-c2[nH]c3cc(C4CCN(C(=O)C5CCCN5C[n+]5cnn6cc(-c7[nH]c8cc(-c9ccc(N%10CCN(C)CC%10)c(F)c9)sc8c7C(C)C)cc(C)c65)CC4)sc3c2C(C)C)cn2ncnc12. The number of amides is 1. The molecule has 3 fully saturated rings. The minimum Gasteiger partial charge on any atom is -0.367 e. The van der Waals surface area contributed by atoms with Gasteiger partial charge in [0.25, 0.3) is 12.0 Å². The molecule has 13 nitrogen and oxygen atoms in total. The third-order valence-corrected chi connectivity index (χ3v) is 17.9. The molecule has 70 heavy (non-hydrogen) atoms. The Labute approximate surface area is 415 Å². The van der Waals surface area contributed by atoms with Crippen LogP contribution in [0, 0.1) is 19.7 Å². The number of piperidine rings is 1. The standard InChI is InChI=1S/C54H62FN12OS2/c1-31(2)46-48(37-21-33(5)52-56-28-57-66(52)26-37)59-40-24-44(69-50(40)46)35-12-15-63(16-13-35)54(68)43-9-8-14-64(43)30-65-29-58-67-27-38(22-34(6)53(65)67)49-47(32(3)4)51-41(60-49)25-45(70-51)36-10-11-42(39(55)23-36)62-19-17-61(7)18-20-62/h10-11,21-29,31-32,35,43,59-60H,8-9,12-20,30H2,1-7H3/q+1. The minimum absolute atomic E-state index is 0.136. The first-order valence-corrected chi connectivity index (χ1v) is 26.7. The molecule has 0 aliphatic carbocycles. The maximum absolute atomic E-state index is 15.6. The Balaban J connectivity index is 0.727. The van der Waals surface area contributed by atoms with Crippen molar-refractivity contribution in [3.05, 3.63) is 100 Å². The molecule has 9 aromatic rings. The van der Waals surface area contributed by atoms with Crippen LogP contribution in [-0.2, 0) is 11.5 Å². The number of thiophene rings is 2. The number of likely N-dealkylation sites (N-methyl/N-ethyl adjacent to an activating group) is 1. The molecule has 12 rings (SSSR count). The second-order valence-electron chi connectivity index (χ2n) is 20.8. The van der Waals surface area contributed by atoms with Crippen LogP contribution in [0.3, 0.4) is 0 Å². The summed E-state index contributed by atoms with van der Waals surface area (Å²) in [5.41, 5.74) is 15.1. The van der Waals surface area contributed by atoms with Crippen molar-refractivity contribution in [1.82, 2.24) is 48.9 Å². The summed E-state index contributed by atoms with van der Waals surface area (Å²) in [7, 11) is 2.12. The highest BCUT2D eigenvalue weighted by molar-refractivity contribution is 7.22. The third-order valence-electron chi connectivity index (χ3n) is 15.4. The van der Waals surface area contributed by atoms with Crippen molar-refractivity contribution < 1.29 is 13.8 Å². The maximum Gasteiger partial charge on any atom is 0.269 e. The smallest absolute Gasteiger partial charge is 0.269 e. The number of rotatable bonds is 10. The molecule has 16 heteroatoms. The molecule has 3 saturated heterocycles. The summed E-state index contributed by atoms with van der Waals surface area (Å²) in [4.78, 5) is 37.8. The van der Waals surface area contributed by atoms with Gasteiger partial charge in [-0.1, -0.05) is 38.3 Å². The van der Waals surface area contributed by atoms with Crippen molar-refractivity contribution in [3.8, 4) is 33.0 Å².